The Morgan fingerprint density at radius 1 is 1.15 bits per heavy atom. The molecule has 5 heterocycles. The lowest BCUT2D eigenvalue weighted by Crippen LogP contribution is -2.44. The van der Waals surface area contributed by atoms with Crippen LogP contribution in [-0.4, -0.2) is 60.0 Å². The fraction of sp³-hybridized carbons (Fsp3) is 0.290. The first-order chi connectivity index (χ1) is 19.6. The highest BCUT2D eigenvalue weighted by molar-refractivity contribution is 5.94. The first-order valence-corrected chi connectivity index (χ1v) is 13.5. The summed E-state index contributed by atoms with van der Waals surface area (Å²) in [5.41, 5.74) is 6.06. The molecule has 1 N–H and O–H groups in total. The van der Waals surface area contributed by atoms with Crippen LogP contribution in [0, 0.1) is 11.3 Å². The van der Waals surface area contributed by atoms with Crippen LogP contribution in [-0.2, 0) is 4.74 Å². The molecular formula is C31H30N6O3. The van der Waals surface area contributed by atoms with Crippen molar-refractivity contribution in [1.82, 2.24) is 19.9 Å². The average molecular weight is 535 g/mol. The Bertz CT molecular complexity index is 1610. The van der Waals surface area contributed by atoms with Crippen LogP contribution in [0.1, 0.15) is 40.7 Å². The van der Waals surface area contributed by atoms with Crippen LogP contribution in [0.4, 0.5) is 5.82 Å². The van der Waals surface area contributed by atoms with Crippen molar-refractivity contribution in [3.63, 3.8) is 0 Å². The van der Waals surface area contributed by atoms with Crippen LogP contribution in [0.15, 0.2) is 67.1 Å². The van der Waals surface area contributed by atoms with Gasteiger partial charge in [-0.05, 0) is 66.8 Å². The fourth-order valence-electron chi connectivity index (χ4n) is 5.41. The minimum atomic E-state index is -0.0819. The Morgan fingerprint density at radius 2 is 2.02 bits per heavy atom. The molecule has 0 aliphatic carbocycles. The Morgan fingerprint density at radius 3 is 2.75 bits per heavy atom. The monoisotopic (exact) mass is 534 g/mol. The number of nitrogens with one attached hydrogen (secondary N) is 1. The molecule has 0 bridgehead atoms. The third-order valence-electron chi connectivity index (χ3n) is 7.61. The molecule has 0 atom stereocenters. The minimum Gasteiger partial charge on any atom is -0.497 e. The SMILES string of the molecule is COc1cccc(C(=O)NC2CCN(c3ccc(-c4cc(C5=CCOCC5)cn5ncc(C#N)c45)cn3)CC2)c1. The lowest BCUT2D eigenvalue weighted by atomic mass is 9.97. The van der Waals surface area contributed by atoms with Gasteiger partial charge in [-0.2, -0.15) is 10.4 Å². The number of carbonyl (C=O) groups excluding carboxylic acids is 1. The molecule has 202 valence electrons. The molecule has 1 amide bonds. The molecule has 0 saturated carbocycles. The van der Waals surface area contributed by atoms with Crippen molar-refractivity contribution in [3.8, 4) is 22.9 Å². The Kier molecular flexibility index (Phi) is 7.17. The lowest BCUT2D eigenvalue weighted by molar-refractivity contribution is 0.0930. The molecule has 4 aromatic rings. The smallest absolute Gasteiger partial charge is 0.251 e. The van der Waals surface area contributed by atoms with Crippen molar-refractivity contribution in [3.05, 3.63) is 83.8 Å². The van der Waals surface area contributed by atoms with Gasteiger partial charge in [0.05, 0.1) is 37.6 Å². The van der Waals surface area contributed by atoms with Crippen molar-refractivity contribution in [2.75, 3.05) is 38.3 Å². The standard InChI is InChI=1S/C31H30N6O3/c1-39-27-4-2-3-22(15-27)31(38)35-26-7-11-36(12-8-26)29-6-5-23(18-33-29)28-16-24(21-9-13-40-14-10-21)20-37-30(28)25(17-32)19-34-37/h2-6,9,15-16,18-20,26H,7-8,10-14H2,1H3,(H,35,38). The first kappa shape index (κ1) is 25.6. The van der Waals surface area contributed by atoms with E-state index in [1.54, 1.807) is 30.0 Å². The summed E-state index contributed by atoms with van der Waals surface area (Å²) in [4.78, 5) is 19.8. The highest BCUT2D eigenvalue weighted by Gasteiger charge is 2.23. The molecule has 0 spiro atoms. The summed E-state index contributed by atoms with van der Waals surface area (Å²) in [6.45, 7) is 2.89. The maximum atomic E-state index is 12.7. The number of benzene rings is 1. The molecule has 40 heavy (non-hydrogen) atoms. The van der Waals surface area contributed by atoms with Crippen LogP contribution < -0.4 is 15.0 Å². The van der Waals surface area contributed by atoms with Crippen LogP contribution in [0.25, 0.3) is 22.2 Å². The van der Waals surface area contributed by atoms with E-state index in [0.29, 0.717) is 30.1 Å². The van der Waals surface area contributed by atoms with Gasteiger partial charge in [-0.25, -0.2) is 9.50 Å². The summed E-state index contributed by atoms with van der Waals surface area (Å²) in [6.07, 6.45) is 10.1. The predicted molar refractivity (Wildman–Crippen MR) is 152 cm³/mol. The Hall–Kier alpha value is -4.68. The van der Waals surface area contributed by atoms with E-state index < -0.39 is 0 Å². The number of fused-ring (bicyclic) bond motifs is 1. The number of ether oxygens (including phenoxy) is 2. The van der Waals surface area contributed by atoms with E-state index in [1.165, 1.54) is 5.57 Å². The summed E-state index contributed by atoms with van der Waals surface area (Å²) >= 11 is 0. The molecule has 3 aromatic heterocycles. The number of piperidine rings is 1. The minimum absolute atomic E-state index is 0.0819. The summed E-state index contributed by atoms with van der Waals surface area (Å²) in [7, 11) is 1.59. The van der Waals surface area contributed by atoms with Crippen LogP contribution in [0.3, 0.4) is 0 Å². The third-order valence-corrected chi connectivity index (χ3v) is 7.61. The van der Waals surface area contributed by atoms with Gasteiger partial charge in [0, 0.05) is 48.2 Å². The second kappa shape index (κ2) is 11.2. The van der Waals surface area contributed by atoms with E-state index in [1.807, 2.05) is 30.6 Å². The first-order valence-electron chi connectivity index (χ1n) is 13.5. The fourth-order valence-corrected chi connectivity index (χ4v) is 5.41. The van der Waals surface area contributed by atoms with Gasteiger partial charge in [0.25, 0.3) is 5.91 Å². The van der Waals surface area contributed by atoms with Crippen molar-refractivity contribution < 1.29 is 14.3 Å². The van der Waals surface area contributed by atoms with Gasteiger partial charge in [-0.3, -0.25) is 4.79 Å². The normalized spacial score (nSPS) is 15.9. The van der Waals surface area contributed by atoms with E-state index in [9.17, 15) is 10.1 Å². The number of nitrogens with zero attached hydrogens (tertiary/aromatic N) is 5. The largest absolute Gasteiger partial charge is 0.497 e. The van der Waals surface area contributed by atoms with Crippen molar-refractivity contribution in [2.45, 2.75) is 25.3 Å². The maximum absolute atomic E-state index is 12.7. The molecule has 1 saturated heterocycles. The number of hydrogen-bond acceptors (Lipinski definition) is 7. The average Bonchev–Trinajstić information content (AvgIpc) is 3.45. The zero-order chi connectivity index (χ0) is 27.5. The molecule has 1 fully saturated rings. The summed E-state index contributed by atoms with van der Waals surface area (Å²) in [5.74, 6) is 1.48. The van der Waals surface area contributed by atoms with Gasteiger partial charge in [-0.1, -0.05) is 12.1 Å². The van der Waals surface area contributed by atoms with Gasteiger partial charge in [-0.15, -0.1) is 0 Å². The number of pyridine rings is 2. The second-order valence-electron chi connectivity index (χ2n) is 10.0. The van der Waals surface area contributed by atoms with Gasteiger partial charge in [0.2, 0.25) is 0 Å². The number of rotatable bonds is 6. The molecule has 2 aliphatic heterocycles. The number of hydrogen-bond donors (Lipinski definition) is 1. The Balaban J connectivity index is 1.17. The number of amides is 1. The number of aromatic nitrogens is 3. The second-order valence-corrected chi connectivity index (χ2v) is 10.0. The van der Waals surface area contributed by atoms with E-state index in [-0.39, 0.29) is 11.9 Å². The lowest BCUT2D eigenvalue weighted by Gasteiger charge is -2.33. The molecule has 9 heteroatoms. The molecule has 0 unspecified atom stereocenters. The van der Waals surface area contributed by atoms with Crippen molar-refractivity contribution in [1.29, 1.82) is 5.26 Å². The number of nitriles is 1. The molecule has 9 nitrogen and oxygen atoms in total. The molecule has 2 aliphatic rings. The summed E-state index contributed by atoms with van der Waals surface area (Å²) in [6, 6.07) is 15.8. The number of anilines is 1. The van der Waals surface area contributed by atoms with E-state index in [2.05, 4.69) is 39.6 Å². The Labute approximate surface area is 232 Å². The van der Waals surface area contributed by atoms with E-state index in [4.69, 9.17) is 14.5 Å². The van der Waals surface area contributed by atoms with Crippen molar-refractivity contribution >= 4 is 22.8 Å². The van der Waals surface area contributed by atoms with Gasteiger partial charge < -0.3 is 19.7 Å². The topological polar surface area (TPSA) is 105 Å². The van der Waals surface area contributed by atoms with Crippen LogP contribution in [0.2, 0.25) is 0 Å². The molecular weight excluding hydrogens is 504 g/mol. The molecule has 1 aromatic carbocycles. The van der Waals surface area contributed by atoms with Crippen LogP contribution >= 0.6 is 0 Å². The van der Waals surface area contributed by atoms with Crippen LogP contribution in [0.5, 0.6) is 5.75 Å². The highest BCUT2D eigenvalue weighted by atomic mass is 16.5. The van der Waals surface area contributed by atoms with E-state index in [0.717, 1.165) is 60.4 Å². The summed E-state index contributed by atoms with van der Waals surface area (Å²) in [5, 5.41) is 17.3. The third kappa shape index (κ3) is 5.14. The van der Waals surface area contributed by atoms with Gasteiger partial charge in [0.15, 0.2) is 0 Å². The zero-order valence-corrected chi connectivity index (χ0v) is 22.3. The summed E-state index contributed by atoms with van der Waals surface area (Å²) < 4.78 is 12.5. The zero-order valence-electron chi connectivity index (χ0n) is 22.3. The molecule has 6 rings (SSSR count). The van der Waals surface area contributed by atoms with Crippen molar-refractivity contribution in [2.24, 2.45) is 0 Å². The van der Waals surface area contributed by atoms with Gasteiger partial charge in [0.1, 0.15) is 17.6 Å². The number of methoxy groups -OCH3 is 1. The maximum Gasteiger partial charge on any atom is 0.251 e. The quantitative estimate of drug-likeness (QED) is 0.389. The number of carbonyl (C=O) groups is 1. The van der Waals surface area contributed by atoms with E-state index >= 15 is 0 Å². The predicted octanol–water partition coefficient (Wildman–Crippen LogP) is 4.48. The highest BCUT2D eigenvalue weighted by Crippen LogP contribution is 2.32. The van der Waals surface area contributed by atoms with Gasteiger partial charge >= 0.3 is 0 Å². The molecule has 0 radical (unpaired) electrons.